The molecule has 5 rings (SSSR count). The molecule has 0 saturated carbocycles. The molecule has 0 radical (unpaired) electrons. The lowest BCUT2D eigenvalue weighted by Gasteiger charge is -2.26. The molecule has 0 amide bonds. The summed E-state index contributed by atoms with van der Waals surface area (Å²) in [4.78, 5) is 24.8. The molecule has 4 nitrogen and oxygen atoms in total. The van der Waals surface area contributed by atoms with E-state index < -0.39 is 0 Å². The summed E-state index contributed by atoms with van der Waals surface area (Å²) in [5.74, 6) is 2.40. The molecule has 3 aromatic carbocycles. The van der Waals surface area contributed by atoms with Gasteiger partial charge >= 0.3 is 0 Å². The second-order valence-corrected chi connectivity index (χ2v) is 14.3. The second-order valence-electron chi connectivity index (χ2n) is 13.5. The molecule has 0 bridgehead atoms. The molecule has 0 N–H and O–H groups in total. The fourth-order valence-electron chi connectivity index (χ4n) is 5.99. The van der Waals surface area contributed by atoms with Crippen LogP contribution in [0.1, 0.15) is 106 Å². The van der Waals surface area contributed by atoms with E-state index in [4.69, 9.17) is 9.47 Å². The Labute approximate surface area is 261 Å². The number of methoxy groups -OCH3 is 2. The lowest BCUT2D eigenvalue weighted by atomic mass is 9.81. The molecule has 2 unspecified atom stereocenters. The Morgan fingerprint density at radius 3 is 1.60 bits per heavy atom. The van der Waals surface area contributed by atoms with Crippen LogP contribution >= 0.6 is 15.9 Å². The topological polar surface area (TPSA) is 52.6 Å². The van der Waals surface area contributed by atoms with Crippen molar-refractivity contribution in [2.45, 2.75) is 86.5 Å². The minimum absolute atomic E-state index is 0. The SMILES string of the molecule is C.COc1c(C(C)(C)C)cc2c(c1-c1ccccc1)CC(C)C2=O.COc1c(C(C)(C)C)cc2c(c1Br)CC(C)C2=O. The van der Waals surface area contributed by atoms with Crippen LogP contribution in [-0.4, -0.2) is 25.8 Å². The largest absolute Gasteiger partial charge is 0.496 e. The van der Waals surface area contributed by atoms with Crippen molar-refractivity contribution in [2.24, 2.45) is 11.8 Å². The third-order valence-corrected chi connectivity index (χ3v) is 9.08. The van der Waals surface area contributed by atoms with Crippen molar-refractivity contribution in [3.8, 4) is 22.6 Å². The molecule has 0 aliphatic heterocycles. The van der Waals surface area contributed by atoms with Crippen LogP contribution in [0.15, 0.2) is 46.9 Å². The zero-order valence-electron chi connectivity index (χ0n) is 26.1. The van der Waals surface area contributed by atoms with E-state index in [0.29, 0.717) is 0 Å². The van der Waals surface area contributed by atoms with Gasteiger partial charge in [0.2, 0.25) is 0 Å². The van der Waals surface area contributed by atoms with E-state index in [9.17, 15) is 9.59 Å². The zero-order chi connectivity index (χ0) is 30.4. The Bertz CT molecular complexity index is 1490. The number of benzene rings is 3. The van der Waals surface area contributed by atoms with Gasteiger partial charge in [-0.2, -0.15) is 0 Å². The summed E-state index contributed by atoms with van der Waals surface area (Å²) in [7, 11) is 3.41. The average molecular weight is 636 g/mol. The summed E-state index contributed by atoms with van der Waals surface area (Å²) < 4.78 is 12.3. The van der Waals surface area contributed by atoms with Crippen LogP contribution in [0.5, 0.6) is 11.5 Å². The lowest BCUT2D eigenvalue weighted by Crippen LogP contribution is -2.15. The van der Waals surface area contributed by atoms with Gasteiger partial charge in [-0.15, -0.1) is 0 Å². The molecule has 5 heteroatoms. The minimum atomic E-state index is -0.0873. The van der Waals surface area contributed by atoms with Crippen molar-refractivity contribution in [3.05, 3.63) is 80.3 Å². The van der Waals surface area contributed by atoms with Crippen molar-refractivity contribution in [1.29, 1.82) is 0 Å². The molecule has 0 spiro atoms. The number of Topliss-reactive ketones (excluding diaryl/α,β-unsaturated/α-hetero) is 2. The zero-order valence-corrected chi connectivity index (χ0v) is 27.7. The standard InChI is InChI=1S/C21H24O2.C15H19BrO2.CH4/c1-13-11-15-16(19(13)22)12-17(21(2,3)4)20(23-5)18(15)14-9-7-6-8-10-14;1-8-6-9-10(13(8)17)7-11(15(2,3)4)14(18-5)12(9)16;/h6-10,12-13H,11H2,1-5H3;7-8H,6H2,1-5H3;1H4. The third-order valence-electron chi connectivity index (χ3n) is 8.24. The van der Waals surface area contributed by atoms with Crippen LogP contribution in [0, 0.1) is 11.8 Å². The van der Waals surface area contributed by atoms with Gasteiger partial charge in [0, 0.05) is 39.7 Å². The summed E-state index contributed by atoms with van der Waals surface area (Å²) in [6.45, 7) is 16.9. The first-order valence-corrected chi connectivity index (χ1v) is 15.2. The number of ether oxygens (including phenoxy) is 2. The summed E-state index contributed by atoms with van der Waals surface area (Å²) >= 11 is 3.61. The Morgan fingerprint density at radius 1 is 0.714 bits per heavy atom. The number of halogens is 1. The average Bonchev–Trinajstić information content (AvgIpc) is 3.36. The number of rotatable bonds is 3. The van der Waals surface area contributed by atoms with E-state index in [-0.39, 0.29) is 41.7 Å². The number of carbonyl (C=O) groups is 2. The number of fused-ring (bicyclic) bond motifs is 2. The fraction of sp³-hybridized carbons (Fsp3) is 0.459. The summed E-state index contributed by atoms with van der Waals surface area (Å²) in [5, 5.41) is 0. The fourth-order valence-corrected chi connectivity index (χ4v) is 6.74. The van der Waals surface area contributed by atoms with Gasteiger partial charge in [-0.3, -0.25) is 9.59 Å². The van der Waals surface area contributed by atoms with E-state index in [2.05, 4.69) is 75.7 Å². The molecule has 226 valence electrons. The van der Waals surface area contributed by atoms with Crippen molar-refractivity contribution in [3.63, 3.8) is 0 Å². The van der Waals surface area contributed by atoms with Gasteiger partial charge in [-0.05, 0) is 68.4 Å². The van der Waals surface area contributed by atoms with E-state index in [1.54, 1.807) is 14.2 Å². The number of ketones is 2. The lowest BCUT2D eigenvalue weighted by molar-refractivity contribution is 0.0939. The van der Waals surface area contributed by atoms with Crippen LogP contribution in [0.3, 0.4) is 0 Å². The van der Waals surface area contributed by atoms with Gasteiger partial charge in [0.1, 0.15) is 11.5 Å². The molecule has 0 aromatic heterocycles. The van der Waals surface area contributed by atoms with Crippen LogP contribution in [0.2, 0.25) is 0 Å². The molecule has 0 saturated heterocycles. The summed E-state index contributed by atoms with van der Waals surface area (Å²) in [6, 6.07) is 14.3. The van der Waals surface area contributed by atoms with Crippen molar-refractivity contribution >= 4 is 27.5 Å². The first-order chi connectivity index (χ1) is 19.1. The Hall–Kier alpha value is -2.92. The first kappa shape index (κ1) is 33.6. The molecule has 2 aliphatic carbocycles. The molecule has 2 aliphatic rings. The second kappa shape index (κ2) is 12.4. The predicted molar refractivity (Wildman–Crippen MR) is 178 cm³/mol. The normalized spacial score (nSPS) is 17.6. The molecule has 2 atom stereocenters. The van der Waals surface area contributed by atoms with E-state index in [1.807, 2.05) is 38.1 Å². The minimum Gasteiger partial charge on any atom is -0.496 e. The van der Waals surface area contributed by atoms with Crippen molar-refractivity contribution in [1.82, 2.24) is 0 Å². The maximum Gasteiger partial charge on any atom is 0.166 e. The smallest absolute Gasteiger partial charge is 0.166 e. The van der Waals surface area contributed by atoms with E-state index in [0.717, 1.165) is 73.3 Å². The van der Waals surface area contributed by atoms with E-state index >= 15 is 0 Å². The quantitative estimate of drug-likeness (QED) is 0.288. The summed E-state index contributed by atoms with van der Waals surface area (Å²) in [6.07, 6.45) is 1.59. The Morgan fingerprint density at radius 2 is 1.14 bits per heavy atom. The highest BCUT2D eigenvalue weighted by Crippen LogP contribution is 2.47. The molecular formula is C37H47BrO4. The predicted octanol–water partition coefficient (Wildman–Crippen LogP) is 9.80. The maximum absolute atomic E-state index is 12.6. The molecule has 0 fully saturated rings. The highest BCUT2D eigenvalue weighted by atomic mass is 79.9. The van der Waals surface area contributed by atoms with Crippen molar-refractivity contribution < 1.29 is 19.1 Å². The molecule has 3 aromatic rings. The van der Waals surface area contributed by atoms with Gasteiger partial charge in [0.25, 0.3) is 0 Å². The van der Waals surface area contributed by atoms with Gasteiger partial charge in [-0.1, -0.05) is 93.1 Å². The van der Waals surface area contributed by atoms with Gasteiger partial charge < -0.3 is 9.47 Å². The molecule has 0 heterocycles. The van der Waals surface area contributed by atoms with Gasteiger partial charge in [-0.25, -0.2) is 0 Å². The monoisotopic (exact) mass is 634 g/mol. The van der Waals surface area contributed by atoms with Crippen LogP contribution in [0.4, 0.5) is 0 Å². The highest BCUT2D eigenvalue weighted by molar-refractivity contribution is 9.10. The van der Waals surface area contributed by atoms with Crippen molar-refractivity contribution in [2.75, 3.05) is 14.2 Å². The number of hydrogen-bond acceptors (Lipinski definition) is 4. The van der Waals surface area contributed by atoms with Crippen LogP contribution in [0.25, 0.3) is 11.1 Å². The third kappa shape index (κ3) is 6.08. The Kier molecular flexibility index (Phi) is 9.88. The summed E-state index contributed by atoms with van der Waals surface area (Å²) in [5.41, 5.74) is 8.23. The van der Waals surface area contributed by atoms with Crippen LogP contribution in [-0.2, 0) is 23.7 Å². The van der Waals surface area contributed by atoms with Gasteiger partial charge in [0.05, 0.1) is 18.7 Å². The number of carbonyl (C=O) groups excluding carboxylic acids is 2. The van der Waals surface area contributed by atoms with Crippen LogP contribution < -0.4 is 9.47 Å². The highest BCUT2D eigenvalue weighted by Gasteiger charge is 2.35. The van der Waals surface area contributed by atoms with Gasteiger partial charge in [0.15, 0.2) is 11.6 Å². The Balaban J connectivity index is 0.000000232. The number of hydrogen-bond donors (Lipinski definition) is 0. The maximum atomic E-state index is 12.6. The first-order valence-electron chi connectivity index (χ1n) is 14.4. The molecular weight excluding hydrogens is 588 g/mol. The molecule has 42 heavy (non-hydrogen) atoms. The van der Waals surface area contributed by atoms with E-state index in [1.165, 1.54) is 0 Å².